The molecule has 34 heavy (non-hydrogen) atoms. The molecule has 1 aliphatic rings. The van der Waals surface area contributed by atoms with Gasteiger partial charge >= 0.3 is 17.5 Å². The Morgan fingerprint density at radius 1 is 1.09 bits per heavy atom. The first-order valence-corrected chi connectivity index (χ1v) is 11.9. The van der Waals surface area contributed by atoms with Gasteiger partial charge in [-0.15, -0.1) is 0 Å². The zero-order valence-corrected chi connectivity index (χ0v) is 19.5. The Morgan fingerprint density at radius 3 is 2.44 bits per heavy atom. The molecule has 1 heterocycles. The maximum Gasteiger partial charge on any atom is 0.366 e. The Kier molecular flexibility index (Phi) is 8.42. The van der Waals surface area contributed by atoms with Gasteiger partial charge in [-0.05, 0) is 62.5 Å². The molecular formula is C26H31F5O3. The number of alkyl halides is 4. The highest BCUT2D eigenvalue weighted by molar-refractivity contribution is 5.83. The molecule has 188 valence electrons. The second-order valence-corrected chi connectivity index (χ2v) is 8.98. The molecule has 1 saturated carbocycles. The van der Waals surface area contributed by atoms with Crippen LogP contribution in [0.15, 0.2) is 39.6 Å². The highest BCUT2D eigenvalue weighted by Crippen LogP contribution is 2.52. The van der Waals surface area contributed by atoms with Crippen molar-refractivity contribution in [2.45, 2.75) is 77.1 Å². The van der Waals surface area contributed by atoms with Gasteiger partial charge in [0.15, 0.2) is 17.3 Å². The molecular weight excluding hydrogens is 455 g/mol. The number of benzene rings is 1. The van der Waals surface area contributed by atoms with Gasteiger partial charge in [0.05, 0.1) is 6.61 Å². The molecule has 0 spiro atoms. The Balaban J connectivity index is 1.85. The summed E-state index contributed by atoms with van der Waals surface area (Å²) in [4.78, 5) is 12.4. The number of halogens is 5. The molecule has 0 bridgehead atoms. The number of allylic oxidation sites excluding steroid dienone is 2. The lowest BCUT2D eigenvalue weighted by Crippen LogP contribution is -2.46. The second-order valence-electron chi connectivity index (χ2n) is 8.98. The molecule has 1 fully saturated rings. The van der Waals surface area contributed by atoms with Crippen LogP contribution in [0.1, 0.15) is 71.0 Å². The maximum atomic E-state index is 15.0. The van der Waals surface area contributed by atoms with Crippen molar-refractivity contribution in [3.05, 3.63) is 52.3 Å². The summed E-state index contributed by atoms with van der Waals surface area (Å²) in [5, 5.41) is -0.838. The summed E-state index contributed by atoms with van der Waals surface area (Å²) < 4.78 is 84.7. The van der Waals surface area contributed by atoms with Crippen LogP contribution in [-0.2, 0) is 5.92 Å². The first kappa shape index (κ1) is 26.2. The fourth-order valence-corrected chi connectivity index (χ4v) is 4.57. The number of hydrogen-bond donors (Lipinski definition) is 0. The van der Waals surface area contributed by atoms with Crippen LogP contribution in [0.2, 0.25) is 0 Å². The van der Waals surface area contributed by atoms with Crippen LogP contribution >= 0.6 is 0 Å². The number of ether oxygens (including phenoxy) is 1. The minimum atomic E-state index is -4.72. The molecule has 0 atom stereocenters. The molecule has 0 saturated heterocycles. The summed E-state index contributed by atoms with van der Waals surface area (Å²) in [5.41, 5.74) is -1.44. The van der Waals surface area contributed by atoms with Gasteiger partial charge in [-0.25, -0.2) is 9.18 Å². The molecule has 3 nitrogen and oxygen atoms in total. The quantitative estimate of drug-likeness (QED) is 0.194. The van der Waals surface area contributed by atoms with Crippen molar-refractivity contribution in [3.63, 3.8) is 0 Å². The third kappa shape index (κ3) is 5.31. The van der Waals surface area contributed by atoms with Crippen molar-refractivity contribution >= 4 is 10.8 Å². The number of fused-ring (bicyclic) bond motifs is 1. The van der Waals surface area contributed by atoms with E-state index in [1.54, 1.807) is 0 Å². The smallest absolute Gasteiger partial charge is 0.366 e. The second kappa shape index (κ2) is 10.9. The van der Waals surface area contributed by atoms with E-state index in [4.69, 9.17) is 4.74 Å². The van der Waals surface area contributed by atoms with Gasteiger partial charge in [-0.3, -0.25) is 0 Å². The van der Waals surface area contributed by atoms with Gasteiger partial charge in [-0.1, -0.05) is 44.4 Å². The maximum absolute atomic E-state index is 15.0. The van der Waals surface area contributed by atoms with Crippen LogP contribution in [0.25, 0.3) is 10.8 Å². The highest BCUT2D eigenvalue weighted by Gasteiger charge is 2.63. The van der Waals surface area contributed by atoms with E-state index in [2.05, 4.69) is 4.42 Å². The molecule has 1 aromatic heterocycles. The van der Waals surface area contributed by atoms with Crippen molar-refractivity contribution in [3.8, 4) is 5.75 Å². The summed E-state index contributed by atoms with van der Waals surface area (Å²) in [6, 6.07) is 3.04. The highest BCUT2D eigenvalue weighted by atomic mass is 19.3. The Labute approximate surface area is 196 Å². The zero-order valence-electron chi connectivity index (χ0n) is 19.5. The molecule has 0 aliphatic heterocycles. The number of rotatable bonds is 10. The van der Waals surface area contributed by atoms with Crippen LogP contribution in [0, 0.1) is 17.7 Å². The van der Waals surface area contributed by atoms with E-state index in [0.29, 0.717) is 25.3 Å². The summed E-state index contributed by atoms with van der Waals surface area (Å²) >= 11 is 0. The van der Waals surface area contributed by atoms with Gasteiger partial charge in [0.2, 0.25) is 0 Å². The van der Waals surface area contributed by atoms with Crippen LogP contribution in [-0.4, -0.2) is 12.5 Å². The molecule has 1 aliphatic carbocycles. The van der Waals surface area contributed by atoms with Gasteiger partial charge < -0.3 is 9.15 Å². The summed E-state index contributed by atoms with van der Waals surface area (Å²) in [6.07, 6.45) is 7.97. The molecule has 0 amide bonds. The largest absolute Gasteiger partial charge is 0.490 e. The first-order valence-electron chi connectivity index (χ1n) is 11.9. The standard InChI is InChI=1S/C26H31F5O3/c1-3-5-6-7-15-33-20-14-11-18-16-21(34-24(32)22(18)23(20)27)26(30,31)25(28,29)19-12-9-17(8-4-2)10-13-19/h4,8,11,14,16-17,19H,3,5-7,9-10,12-13,15H2,1-2H3/b8-4+. The van der Waals surface area contributed by atoms with Crippen molar-refractivity contribution in [1.82, 2.24) is 0 Å². The van der Waals surface area contributed by atoms with Gasteiger partial charge in [-0.2, -0.15) is 17.6 Å². The lowest BCUT2D eigenvalue weighted by molar-refractivity contribution is -0.256. The van der Waals surface area contributed by atoms with Crippen LogP contribution in [0.4, 0.5) is 22.0 Å². The average molecular weight is 487 g/mol. The topological polar surface area (TPSA) is 39.4 Å². The molecule has 1 aromatic carbocycles. The molecule has 0 unspecified atom stereocenters. The Hall–Kier alpha value is -2.38. The van der Waals surface area contributed by atoms with Gasteiger partial charge in [0.1, 0.15) is 5.39 Å². The van der Waals surface area contributed by atoms with E-state index in [1.807, 2.05) is 26.0 Å². The molecule has 0 N–H and O–H groups in total. The van der Waals surface area contributed by atoms with Crippen molar-refractivity contribution in [1.29, 1.82) is 0 Å². The van der Waals surface area contributed by atoms with Crippen molar-refractivity contribution < 1.29 is 31.1 Å². The lowest BCUT2D eigenvalue weighted by Gasteiger charge is -2.36. The van der Waals surface area contributed by atoms with Crippen molar-refractivity contribution in [2.75, 3.05) is 6.61 Å². The van der Waals surface area contributed by atoms with E-state index in [0.717, 1.165) is 19.3 Å². The SMILES string of the molecule is C/C=C/C1CCC(C(F)(F)C(F)(F)c2cc3ccc(OCCCCCC)c(F)c3c(=O)o2)CC1. The van der Waals surface area contributed by atoms with Crippen molar-refractivity contribution in [2.24, 2.45) is 11.8 Å². The molecule has 0 radical (unpaired) electrons. The summed E-state index contributed by atoms with van der Waals surface area (Å²) in [6.45, 7) is 4.10. The predicted molar refractivity (Wildman–Crippen MR) is 121 cm³/mol. The minimum Gasteiger partial charge on any atom is -0.490 e. The van der Waals surface area contributed by atoms with Crippen LogP contribution in [0.3, 0.4) is 0 Å². The van der Waals surface area contributed by atoms with E-state index in [9.17, 15) is 18.0 Å². The zero-order chi connectivity index (χ0) is 24.9. The molecule has 3 rings (SSSR count). The van der Waals surface area contributed by atoms with Gasteiger partial charge in [0.25, 0.3) is 0 Å². The third-order valence-corrected chi connectivity index (χ3v) is 6.56. The third-order valence-electron chi connectivity index (χ3n) is 6.56. The normalized spacial score (nSPS) is 19.7. The average Bonchev–Trinajstić information content (AvgIpc) is 2.80. The Morgan fingerprint density at radius 2 is 1.79 bits per heavy atom. The predicted octanol–water partition coefficient (Wildman–Crippen LogP) is 8.00. The lowest BCUT2D eigenvalue weighted by atomic mass is 9.77. The van der Waals surface area contributed by atoms with E-state index in [1.165, 1.54) is 12.1 Å². The monoisotopic (exact) mass is 486 g/mol. The van der Waals surface area contributed by atoms with Crippen LogP contribution < -0.4 is 10.4 Å². The summed E-state index contributed by atoms with van der Waals surface area (Å²) in [7, 11) is 0. The summed E-state index contributed by atoms with van der Waals surface area (Å²) in [5.74, 6) is -13.3. The number of unbranched alkanes of at least 4 members (excludes halogenated alkanes) is 3. The fourth-order valence-electron chi connectivity index (χ4n) is 4.57. The van der Waals surface area contributed by atoms with E-state index >= 15 is 8.78 Å². The van der Waals surface area contributed by atoms with Crippen LogP contribution in [0.5, 0.6) is 5.75 Å². The molecule has 8 heteroatoms. The number of hydrogen-bond acceptors (Lipinski definition) is 3. The van der Waals surface area contributed by atoms with Gasteiger partial charge in [0, 0.05) is 5.92 Å². The van der Waals surface area contributed by atoms with E-state index in [-0.39, 0.29) is 36.5 Å². The first-order chi connectivity index (χ1) is 16.1. The van der Waals surface area contributed by atoms with E-state index < -0.39 is 40.4 Å². The fraction of sp³-hybridized carbons (Fsp3) is 0.577. The molecule has 2 aromatic rings. The Bertz CT molecular complexity index is 1050. The minimum absolute atomic E-state index is 0.0665.